The Morgan fingerprint density at radius 1 is 0.971 bits per heavy atom. The normalized spacial score (nSPS) is 15.4. The Labute approximate surface area is 204 Å². The van der Waals surface area contributed by atoms with Gasteiger partial charge in [0, 0.05) is 12.1 Å². The molecule has 4 rings (SSSR count). The topological polar surface area (TPSA) is 83.9 Å². The van der Waals surface area contributed by atoms with E-state index < -0.39 is 23.7 Å². The Bertz CT molecular complexity index is 1300. The maximum Gasteiger partial charge on any atom is 0.338 e. The van der Waals surface area contributed by atoms with Gasteiger partial charge in [-0.05, 0) is 55.2 Å². The lowest BCUT2D eigenvalue weighted by molar-refractivity contribution is -0.118. The standard InChI is InChI=1S/C29H27NO5/c1-3-35-29(34)21-13-9-14-22(18-21)30-26(23-15-8-7-10-19(23)2)25(27(32)28(30)33)24(31)17-16-20-11-5-4-6-12-20/h4-15,18,26,32H,3,16-17H2,1-2H3. The number of aliphatic hydroxyl groups is 1. The number of carbonyl (C=O) groups is 3. The molecule has 1 amide bonds. The van der Waals surface area contributed by atoms with Gasteiger partial charge in [0.2, 0.25) is 0 Å². The first-order valence-corrected chi connectivity index (χ1v) is 11.6. The van der Waals surface area contributed by atoms with E-state index in [4.69, 9.17) is 4.74 Å². The van der Waals surface area contributed by atoms with Gasteiger partial charge >= 0.3 is 5.97 Å². The van der Waals surface area contributed by atoms with Crippen LogP contribution in [0.3, 0.4) is 0 Å². The average molecular weight is 470 g/mol. The van der Waals surface area contributed by atoms with Crippen LogP contribution in [0.4, 0.5) is 5.69 Å². The van der Waals surface area contributed by atoms with Gasteiger partial charge in [-0.25, -0.2) is 4.79 Å². The maximum absolute atomic E-state index is 13.4. The predicted molar refractivity (Wildman–Crippen MR) is 133 cm³/mol. The Hall–Kier alpha value is -4.19. The molecule has 0 saturated heterocycles. The van der Waals surface area contributed by atoms with Gasteiger partial charge in [-0.1, -0.05) is 60.7 Å². The first-order valence-electron chi connectivity index (χ1n) is 11.6. The van der Waals surface area contributed by atoms with Crippen LogP contribution in [0.15, 0.2) is 90.2 Å². The van der Waals surface area contributed by atoms with Crippen molar-refractivity contribution in [3.05, 3.63) is 112 Å². The van der Waals surface area contributed by atoms with Crippen LogP contribution >= 0.6 is 0 Å². The van der Waals surface area contributed by atoms with E-state index in [1.54, 1.807) is 31.2 Å². The summed E-state index contributed by atoms with van der Waals surface area (Å²) in [6.07, 6.45) is 0.638. The highest BCUT2D eigenvalue weighted by molar-refractivity contribution is 6.16. The Balaban J connectivity index is 1.75. The van der Waals surface area contributed by atoms with Crippen LogP contribution in [0.1, 0.15) is 46.4 Å². The van der Waals surface area contributed by atoms with Crippen molar-refractivity contribution < 1.29 is 24.2 Å². The van der Waals surface area contributed by atoms with Crippen molar-refractivity contribution in [3.8, 4) is 0 Å². The number of hydrogen-bond acceptors (Lipinski definition) is 5. The fourth-order valence-electron chi connectivity index (χ4n) is 4.38. The number of hydrogen-bond donors (Lipinski definition) is 1. The van der Waals surface area contributed by atoms with Crippen molar-refractivity contribution in [2.75, 3.05) is 11.5 Å². The van der Waals surface area contributed by atoms with Crippen LogP contribution in [-0.2, 0) is 20.7 Å². The zero-order valence-corrected chi connectivity index (χ0v) is 19.7. The molecule has 6 nitrogen and oxygen atoms in total. The molecule has 1 N–H and O–H groups in total. The van der Waals surface area contributed by atoms with E-state index in [9.17, 15) is 19.5 Å². The second-order valence-electron chi connectivity index (χ2n) is 8.38. The van der Waals surface area contributed by atoms with Gasteiger partial charge in [0.15, 0.2) is 11.5 Å². The van der Waals surface area contributed by atoms with Gasteiger partial charge in [-0.3, -0.25) is 14.5 Å². The summed E-state index contributed by atoms with van der Waals surface area (Å²) in [5, 5.41) is 10.9. The number of benzene rings is 3. The van der Waals surface area contributed by atoms with Crippen LogP contribution < -0.4 is 4.90 Å². The largest absolute Gasteiger partial charge is 0.503 e. The van der Waals surface area contributed by atoms with Gasteiger partial charge in [-0.15, -0.1) is 0 Å². The summed E-state index contributed by atoms with van der Waals surface area (Å²) in [6, 6.07) is 22.7. The van der Waals surface area contributed by atoms with E-state index in [0.29, 0.717) is 12.1 Å². The fourth-order valence-corrected chi connectivity index (χ4v) is 4.38. The lowest BCUT2D eigenvalue weighted by Crippen LogP contribution is -2.31. The molecule has 0 saturated carbocycles. The first kappa shape index (κ1) is 24.0. The molecule has 0 fully saturated rings. The van der Waals surface area contributed by atoms with Crippen LogP contribution in [0.25, 0.3) is 0 Å². The van der Waals surface area contributed by atoms with Crippen molar-refractivity contribution in [1.82, 2.24) is 0 Å². The number of amides is 1. The van der Waals surface area contributed by atoms with Crippen LogP contribution in [-0.4, -0.2) is 29.4 Å². The molecule has 0 bridgehead atoms. The van der Waals surface area contributed by atoms with Gasteiger partial charge in [0.05, 0.1) is 23.8 Å². The molecule has 1 aliphatic rings. The van der Waals surface area contributed by atoms with E-state index in [2.05, 4.69) is 0 Å². The number of ether oxygens (including phenoxy) is 1. The van der Waals surface area contributed by atoms with E-state index in [0.717, 1.165) is 16.7 Å². The summed E-state index contributed by atoms with van der Waals surface area (Å²) in [7, 11) is 0. The van der Waals surface area contributed by atoms with Crippen LogP contribution in [0.2, 0.25) is 0 Å². The number of ketones is 1. The minimum atomic E-state index is -0.815. The highest BCUT2D eigenvalue weighted by atomic mass is 16.5. The number of Topliss-reactive ketones (excluding diaryl/α,β-unsaturated/α-hetero) is 1. The SMILES string of the molecule is CCOC(=O)c1cccc(N2C(=O)C(O)=C(C(=O)CCc3ccccc3)C2c2ccccc2C)c1. The molecule has 0 aromatic heterocycles. The molecule has 0 aliphatic carbocycles. The molecule has 0 spiro atoms. The van der Waals surface area contributed by atoms with Crippen molar-refractivity contribution in [2.45, 2.75) is 32.7 Å². The van der Waals surface area contributed by atoms with E-state index >= 15 is 0 Å². The molecule has 0 radical (unpaired) electrons. The number of aliphatic hydroxyl groups excluding tert-OH is 1. The molecule has 3 aromatic rings. The average Bonchev–Trinajstić information content (AvgIpc) is 3.14. The number of carbonyl (C=O) groups excluding carboxylic acids is 3. The lowest BCUT2D eigenvalue weighted by atomic mass is 9.90. The van der Waals surface area contributed by atoms with Crippen molar-refractivity contribution in [1.29, 1.82) is 0 Å². The van der Waals surface area contributed by atoms with Crippen LogP contribution in [0.5, 0.6) is 0 Å². The maximum atomic E-state index is 13.4. The highest BCUT2D eigenvalue weighted by Crippen LogP contribution is 2.42. The van der Waals surface area contributed by atoms with E-state index in [1.807, 2.05) is 61.5 Å². The summed E-state index contributed by atoms with van der Waals surface area (Å²) in [5.41, 5.74) is 3.35. The molecular weight excluding hydrogens is 442 g/mol. The number of esters is 1. The monoisotopic (exact) mass is 469 g/mol. The molecule has 178 valence electrons. The minimum Gasteiger partial charge on any atom is -0.503 e. The quantitative estimate of drug-likeness (QED) is 0.454. The molecular formula is C29H27NO5. The summed E-state index contributed by atoms with van der Waals surface area (Å²) >= 11 is 0. The second kappa shape index (κ2) is 10.4. The summed E-state index contributed by atoms with van der Waals surface area (Å²) < 4.78 is 5.10. The second-order valence-corrected chi connectivity index (χ2v) is 8.38. The Morgan fingerprint density at radius 2 is 1.69 bits per heavy atom. The zero-order valence-electron chi connectivity index (χ0n) is 19.7. The summed E-state index contributed by atoms with van der Waals surface area (Å²) in [5.74, 6) is -2.04. The summed E-state index contributed by atoms with van der Waals surface area (Å²) in [6.45, 7) is 3.84. The van der Waals surface area contributed by atoms with Gasteiger partial charge < -0.3 is 9.84 Å². The van der Waals surface area contributed by atoms with Gasteiger partial charge in [0.25, 0.3) is 5.91 Å². The van der Waals surface area contributed by atoms with E-state index in [1.165, 1.54) is 4.90 Å². The third-order valence-electron chi connectivity index (χ3n) is 6.11. The Kier molecular flexibility index (Phi) is 7.11. The highest BCUT2D eigenvalue weighted by Gasteiger charge is 2.44. The smallest absolute Gasteiger partial charge is 0.338 e. The first-order chi connectivity index (χ1) is 16.9. The molecule has 6 heteroatoms. The fraction of sp³-hybridized carbons (Fsp3) is 0.207. The number of aryl methyl sites for hydroxylation is 2. The van der Waals surface area contributed by atoms with E-state index in [-0.39, 0.29) is 29.9 Å². The summed E-state index contributed by atoms with van der Waals surface area (Å²) in [4.78, 5) is 40.5. The number of rotatable bonds is 8. The predicted octanol–water partition coefficient (Wildman–Crippen LogP) is 5.27. The van der Waals surface area contributed by atoms with Crippen molar-refractivity contribution in [2.24, 2.45) is 0 Å². The molecule has 1 unspecified atom stereocenters. The molecule has 1 aliphatic heterocycles. The number of nitrogens with zero attached hydrogens (tertiary/aromatic N) is 1. The van der Waals surface area contributed by atoms with Crippen molar-refractivity contribution in [3.63, 3.8) is 0 Å². The van der Waals surface area contributed by atoms with Crippen molar-refractivity contribution >= 4 is 23.3 Å². The molecule has 1 heterocycles. The third kappa shape index (κ3) is 4.87. The third-order valence-corrected chi connectivity index (χ3v) is 6.11. The lowest BCUT2D eigenvalue weighted by Gasteiger charge is -2.28. The zero-order chi connectivity index (χ0) is 24.9. The van der Waals surface area contributed by atoms with Gasteiger partial charge in [-0.2, -0.15) is 0 Å². The van der Waals surface area contributed by atoms with Gasteiger partial charge in [0.1, 0.15) is 0 Å². The molecule has 3 aromatic carbocycles. The molecule has 1 atom stereocenters. The minimum absolute atomic E-state index is 0.0711. The number of anilines is 1. The Morgan fingerprint density at radius 3 is 2.40 bits per heavy atom. The molecule has 35 heavy (non-hydrogen) atoms. The van der Waals surface area contributed by atoms with Crippen LogP contribution in [0, 0.1) is 6.92 Å².